The summed E-state index contributed by atoms with van der Waals surface area (Å²) in [6.45, 7) is 2.31. The highest BCUT2D eigenvalue weighted by molar-refractivity contribution is 7.92. The molecule has 1 amide bonds. The van der Waals surface area contributed by atoms with Crippen LogP contribution in [0.25, 0.3) is 0 Å². The summed E-state index contributed by atoms with van der Waals surface area (Å²) in [7, 11) is -3.38. The lowest BCUT2D eigenvalue weighted by Gasteiger charge is -2.09. The zero-order chi connectivity index (χ0) is 20.1. The third kappa shape index (κ3) is 5.80. The van der Waals surface area contributed by atoms with Crippen molar-refractivity contribution in [3.05, 3.63) is 70.2 Å². The smallest absolute Gasteiger partial charge is 0.255 e. The largest absolute Gasteiger partial charge is 0.486 e. The van der Waals surface area contributed by atoms with Crippen LogP contribution in [0.4, 0.5) is 11.4 Å². The van der Waals surface area contributed by atoms with Gasteiger partial charge in [-0.3, -0.25) is 9.52 Å². The van der Waals surface area contributed by atoms with Crippen LogP contribution in [-0.2, 0) is 16.6 Å². The standard InChI is InChI=1S/C19H19N3O4S2/c1-13-12-27-18(20-13)11-26-17-8-6-14(7-9-17)19(23)21-15-4-3-5-16(10-15)22-28(2,24)25/h3-10,12,22H,11H2,1-2H3,(H,21,23). The summed E-state index contributed by atoms with van der Waals surface area (Å²) in [5, 5.41) is 5.60. The molecule has 9 heteroatoms. The Labute approximate surface area is 167 Å². The second-order valence-electron chi connectivity index (χ2n) is 6.10. The number of aryl methyl sites for hydroxylation is 1. The molecule has 0 aliphatic heterocycles. The number of rotatable bonds is 7. The first-order chi connectivity index (χ1) is 13.3. The van der Waals surface area contributed by atoms with Crippen LogP contribution in [0, 0.1) is 6.92 Å². The summed E-state index contributed by atoms with van der Waals surface area (Å²) < 4.78 is 30.7. The summed E-state index contributed by atoms with van der Waals surface area (Å²) in [6.07, 6.45) is 1.07. The summed E-state index contributed by atoms with van der Waals surface area (Å²) >= 11 is 1.54. The Hall–Kier alpha value is -2.91. The molecule has 0 aliphatic rings. The molecular weight excluding hydrogens is 398 g/mol. The lowest BCUT2D eigenvalue weighted by atomic mass is 10.2. The molecule has 1 aromatic heterocycles. The minimum atomic E-state index is -3.38. The normalized spacial score (nSPS) is 11.1. The summed E-state index contributed by atoms with van der Waals surface area (Å²) in [5.74, 6) is 0.336. The maximum absolute atomic E-state index is 12.4. The summed E-state index contributed by atoms with van der Waals surface area (Å²) in [6, 6.07) is 13.2. The molecule has 0 unspecified atom stereocenters. The molecule has 3 aromatic rings. The van der Waals surface area contributed by atoms with E-state index in [1.165, 1.54) is 11.3 Å². The summed E-state index contributed by atoms with van der Waals surface area (Å²) in [4.78, 5) is 16.7. The topological polar surface area (TPSA) is 97.4 Å². The van der Waals surface area contributed by atoms with Crippen molar-refractivity contribution in [3.8, 4) is 5.75 Å². The van der Waals surface area contributed by atoms with Gasteiger partial charge in [0, 0.05) is 22.3 Å². The zero-order valence-corrected chi connectivity index (χ0v) is 16.9. The highest BCUT2D eigenvalue weighted by atomic mass is 32.2. The third-order valence-electron chi connectivity index (χ3n) is 3.57. The molecule has 0 fully saturated rings. The molecule has 0 atom stereocenters. The van der Waals surface area contributed by atoms with E-state index < -0.39 is 10.0 Å². The van der Waals surface area contributed by atoms with E-state index in [0.29, 0.717) is 29.3 Å². The van der Waals surface area contributed by atoms with Gasteiger partial charge in [0.05, 0.1) is 11.9 Å². The SMILES string of the molecule is Cc1csc(COc2ccc(C(=O)Nc3cccc(NS(C)(=O)=O)c3)cc2)n1. The van der Waals surface area contributed by atoms with Crippen LogP contribution >= 0.6 is 11.3 Å². The molecule has 0 saturated carbocycles. The monoisotopic (exact) mass is 417 g/mol. The number of sulfonamides is 1. The predicted molar refractivity (Wildman–Crippen MR) is 110 cm³/mol. The molecule has 0 spiro atoms. The van der Waals surface area contributed by atoms with Crippen molar-refractivity contribution >= 4 is 38.6 Å². The fourth-order valence-electron chi connectivity index (χ4n) is 2.39. The van der Waals surface area contributed by atoms with E-state index in [1.54, 1.807) is 48.5 Å². The van der Waals surface area contributed by atoms with Gasteiger partial charge in [0.2, 0.25) is 10.0 Å². The molecule has 0 saturated heterocycles. The molecule has 2 N–H and O–H groups in total. The fourth-order valence-corrected chi connectivity index (χ4v) is 3.63. The van der Waals surface area contributed by atoms with E-state index in [1.807, 2.05) is 12.3 Å². The maximum Gasteiger partial charge on any atom is 0.255 e. The Kier molecular flexibility index (Phi) is 5.96. The van der Waals surface area contributed by atoms with Crippen molar-refractivity contribution in [1.82, 2.24) is 4.98 Å². The number of nitrogens with zero attached hydrogens (tertiary/aromatic N) is 1. The van der Waals surface area contributed by atoms with Gasteiger partial charge in [-0.25, -0.2) is 13.4 Å². The number of hydrogen-bond acceptors (Lipinski definition) is 6. The lowest BCUT2D eigenvalue weighted by molar-refractivity contribution is 0.102. The second kappa shape index (κ2) is 8.41. The van der Waals surface area contributed by atoms with E-state index in [0.717, 1.165) is 17.0 Å². The van der Waals surface area contributed by atoms with Gasteiger partial charge in [-0.05, 0) is 49.4 Å². The maximum atomic E-state index is 12.4. The Morgan fingerprint density at radius 2 is 1.86 bits per heavy atom. The summed E-state index contributed by atoms with van der Waals surface area (Å²) in [5.41, 5.74) is 2.28. The average molecular weight is 418 g/mol. The highest BCUT2D eigenvalue weighted by Crippen LogP contribution is 2.19. The average Bonchev–Trinajstić information content (AvgIpc) is 3.04. The number of aromatic nitrogens is 1. The van der Waals surface area contributed by atoms with Gasteiger partial charge in [0.15, 0.2) is 0 Å². The van der Waals surface area contributed by atoms with Gasteiger partial charge < -0.3 is 10.1 Å². The number of carbonyl (C=O) groups is 1. The number of thiazole rings is 1. The number of amides is 1. The molecule has 7 nitrogen and oxygen atoms in total. The second-order valence-corrected chi connectivity index (χ2v) is 8.80. The van der Waals surface area contributed by atoms with Crippen molar-refractivity contribution in [1.29, 1.82) is 0 Å². The number of anilines is 2. The van der Waals surface area contributed by atoms with E-state index in [-0.39, 0.29) is 5.91 Å². The number of nitrogens with one attached hydrogen (secondary N) is 2. The first kappa shape index (κ1) is 19.8. The van der Waals surface area contributed by atoms with Crippen LogP contribution in [0.5, 0.6) is 5.75 Å². The predicted octanol–water partition coefficient (Wildman–Crippen LogP) is 3.65. The Morgan fingerprint density at radius 1 is 1.14 bits per heavy atom. The first-order valence-electron chi connectivity index (χ1n) is 8.31. The molecule has 1 heterocycles. The number of ether oxygens (including phenoxy) is 1. The van der Waals surface area contributed by atoms with Gasteiger partial charge in [-0.1, -0.05) is 6.07 Å². The fraction of sp³-hybridized carbons (Fsp3) is 0.158. The minimum Gasteiger partial charge on any atom is -0.486 e. The third-order valence-corrected chi connectivity index (χ3v) is 5.12. The quantitative estimate of drug-likeness (QED) is 0.611. The van der Waals surface area contributed by atoms with Crippen LogP contribution in [0.3, 0.4) is 0 Å². The highest BCUT2D eigenvalue weighted by Gasteiger charge is 2.08. The van der Waals surface area contributed by atoms with E-state index >= 15 is 0 Å². The van der Waals surface area contributed by atoms with Crippen molar-refractivity contribution in [3.63, 3.8) is 0 Å². The van der Waals surface area contributed by atoms with E-state index in [4.69, 9.17) is 4.74 Å². The van der Waals surface area contributed by atoms with E-state index in [9.17, 15) is 13.2 Å². The van der Waals surface area contributed by atoms with Crippen molar-refractivity contribution in [2.45, 2.75) is 13.5 Å². The number of carbonyl (C=O) groups excluding carboxylic acids is 1. The number of hydrogen-bond donors (Lipinski definition) is 2. The number of benzene rings is 2. The molecule has 0 bridgehead atoms. The van der Waals surface area contributed by atoms with Crippen LogP contribution in [-0.4, -0.2) is 25.6 Å². The van der Waals surface area contributed by atoms with Crippen molar-refractivity contribution in [2.75, 3.05) is 16.3 Å². The molecule has 0 aliphatic carbocycles. The van der Waals surface area contributed by atoms with Gasteiger partial charge in [-0.2, -0.15) is 0 Å². The van der Waals surface area contributed by atoms with Crippen LogP contribution in [0.15, 0.2) is 53.9 Å². The van der Waals surface area contributed by atoms with Gasteiger partial charge in [0.25, 0.3) is 5.91 Å². The van der Waals surface area contributed by atoms with Crippen molar-refractivity contribution < 1.29 is 17.9 Å². The molecule has 28 heavy (non-hydrogen) atoms. The minimum absolute atomic E-state index is 0.307. The zero-order valence-electron chi connectivity index (χ0n) is 15.3. The van der Waals surface area contributed by atoms with Gasteiger partial charge in [0.1, 0.15) is 17.4 Å². The Morgan fingerprint density at radius 3 is 2.50 bits per heavy atom. The van der Waals surface area contributed by atoms with E-state index in [2.05, 4.69) is 15.0 Å². The van der Waals surface area contributed by atoms with Crippen LogP contribution in [0.2, 0.25) is 0 Å². The molecule has 2 aromatic carbocycles. The Balaban J connectivity index is 1.61. The lowest BCUT2D eigenvalue weighted by Crippen LogP contribution is -2.13. The van der Waals surface area contributed by atoms with Gasteiger partial charge >= 0.3 is 0 Å². The van der Waals surface area contributed by atoms with Gasteiger partial charge in [-0.15, -0.1) is 11.3 Å². The Bertz CT molecular complexity index is 1080. The molecule has 146 valence electrons. The molecule has 0 radical (unpaired) electrons. The first-order valence-corrected chi connectivity index (χ1v) is 11.1. The van der Waals surface area contributed by atoms with Crippen LogP contribution < -0.4 is 14.8 Å². The molecular formula is C19H19N3O4S2. The van der Waals surface area contributed by atoms with Crippen molar-refractivity contribution in [2.24, 2.45) is 0 Å². The van der Waals surface area contributed by atoms with Crippen LogP contribution in [0.1, 0.15) is 21.1 Å². The molecule has 3 rings (SSSR count).